The summed E-state index contributed by atoms with van der Waals surface area (Å²) in [5, 5.41) is 2.81. The van der Waals surface area contributed by atoms with Gasteiger partial charge in [-0.1, -0.05) is 12.1 Å². The predicted molar refractivity (Wildman–Crippen MR) is 154 cm³/mol. The molecule has 0 N–H and O–H groups in total. The summed E-state index contributed by atoms with van der Waals surface area (Å²) in [6.07, 6.45) is 17.6. The molecule has 8 bridgehead atoms. The number of fused-ring (bicyclic) bond motifs is 1. The fraction of sp³-hybridized carbons (Fsp3) is 0.722. The van der Waals surface area contributed by atoms with Gasteiger partial charge in [-0.3, -0.25) is 0 Å². The van der Waals surface area contributed by atoms with Crippen molar-refractivity contribution < 1.29 is 18.9 Å². The molecule has 8 saturated carbocycles. The molecule has 10 fully saturated rings. The van der Waals surface area contributed by atoms with Gasteiger partial charge in [0, 0.05) is 10.8 Å². The Morgan fingerprint density at radius 1 is 0.525 bits per heavy atom. The van der Waals surface area contributed by atoms with Gasteiger partial charge in [-0.15, -0.1) is 0 Å². The molecule has 4 nitrogen and oxygen atoms in total. The van der Waals surface area contributed by atoms with Crippen LogP contribution in [0.4, 0.5) is 0 Å². The second-order valence-corrected chi connectivity index (χ2v) is 15.9. The van der Waals surface area contributed by atoms with Gasteiger partial charge in [0.2, 0.25) is 0 Å². The smallest absolute Gasteiger partial charge is 0.127 e. The summed E-state index contributed by atoms with van der Waals surface area (Å²) in [4.78, 5) is 0. The zero-order valence-corrected chi connectivity index (χ0v) is 23.9. The molecule has 0 radical (unpaired) electrons. The minimum atomic E-state index is 0.257. The zero-order chi connectivity index (χ0) is 26.1. The predicted octanol–water partition coefficient (Wildman–Crippen LogP) is 7.33. The van der Waals surface area contributed by atoms with Crippen LogP contribution in [0.3, 0.4) is 0 Å². The maximum atomic E-state index is 6.71. The van der Waals surface area contributed by atoms with Gasteiger partial charge in [0.25, 0.3) is 0 Å². The normalized spacial score (nSPS) is 45.3. The van der Waals surface area contributed by atoms with Crippen LogP contribution in [0.1, 0.15) is 88.2 Å². The third-order valence-corrected chi connectivity index (χ3v) is 13.0. The zero-order valence-electron chi connectivity index (χ0n) is 23.9. The molecule has 40 heavy (non-hydrogen) atoms. The number of benzene rings is 2. The van der Waals surface area contributed by atoms with Crippen molar-refractivity contribution in [2.45, 2.75) is 100 Å². The van der Waals surface area contributed by atoms with E-state index in [4.69, 9.17) is 18.9 Å². The second-order valence-electron chi connectivity index (χ2n) is 15.9. The van der Waals surface area contributed by atoms with Crippen molar-refractivity contribution in [1.29, 1.82) is 0 Å². The van der Waals surface area contributed by atoms with E-state index in [0.29, 0.717) is 24.0 Å². The number of rotatable bonds is 8. The molecule has 0 aromatic heterocycles. The third-order valence-electron chi connectivity index (χ3n) is 13.0. The molecule has 2 heterocycles. The summed E-state index contributed by atoms with van der Waals surface area (Å²) in [5.41, 5.74) is 3.79. The van der Waals surface area contributed by atoms with Crippen molar-refractivity contribution in [3.63, 3.8) is 0 Å². The fourth-order valence-electron chi connectivity index (χ4n) is 12.1. The highest BCUT2D eigenvalue weighted by Gasteiger charge is 2.55. The second kappa shape index (κ2) is 8.40. The van der Waals surface area contributed by atoms with Gasteiger partial charge in [0.05, 0.1) is 13.2 Å². The maximum Gasteiger partial charge on any atom is 0.127 e. The van der Waals surface area contributed by atoms with Crippen LogP contribution in [0.5, 0.6) is 11.5 Å². The number of hydrogen-bond donors (Lipinski definition) is 0. The fourth-order valence-corrected chi connectivity index (χ4v) is 12.1. The Hall–Kier alpha value is -1.78. The Bertz CT molecular complexity index is 1180. The summed E-state index contributed by atoms with van der Waals surface area (Å²) in [5.74, 6) is 7.66. The van der Waals surface area contributed by atoms with E-state index in [9.17, 15) is 0 Å². The minimum absolute atomic E-state index is 0.257. The van der Waals surface area contributed by atoms with Crippen molar-refractivity contribution in [3.8, 4) is 11.5 Å². The molecule has 2 atom stereocenters. The molecule has 2 saturated heterocycles. The topological polar surface area (TPSA) is 43.5 Å². The van der Waals surface area contributed by atoms with Gasteiger partial charge in [-0.05, 0) is 147 Å². The van der Waals surface area contributed by atoms with Crippen molar-refractivity contribution in [1.82, 2.24) is 0 Å². The molecule has 0 spiro atoms. The Morgan fingerprint density at radius 2 is 0.850 bits per heavy atom. The lowest BCUT2D eigenvalue weighted by Crippen LogP contribution is -2.49. The van der Waals surface area contributed by atoms with Crippen molar-refractivity contribution in [2.75, 3.05) is 26.4 Å². The first kappa shape index (κ1) is 23.7. The molecule has 0 amide bonds. The van der Waals surface area contributed by atoms with Gasteiger partial charge >= 0.3 is 0 Å². The summed E-state index contributed by atoms with van der Waals surface area (Å²) in [6, 6.07) is 9.72. The van der Waals surface area contributed by atoms with Gasteiger partial charge in [0.15, 0.2) is 0 Å². The van der Waals surface area contributed by atoms with E-state index in [-0.39, 0.29) is 12.2 Å². The standard InChI is InChI=1S/C36H44O4/c1-2-30(36-14-24-8-25(15-36)10-26(9-24)16-36)34-32(40-20-28-18-38-28)4-3-31(39-19-27-17-37-27)33(34)29(1)35-11-21-5-22(12-35)7-23(6-21)13-35/h1-4,21-28H,5-20H2. The van der Waals surface area contributed by atoms with Crippen LogP contribution in [0.2, 0.25) is 0 Å². The maximum absolute atomic E-state index is 6.71. The summed E-state index contributed by atoms with van der Waals surface area (Å²) < 4.78 is 24.6. The van der Waals surface area contributed by atoms with Gasteiger partial charge < -0.3 is 18.9 Å². The molecule has 10 aliphatic rings. The van der Waals surface area contributed by atoms with E-state index in [0.717, 1.165) is 60.2 Å². The van der Waals surface area contributed by atoms with Crippen LogP contribution in [0.15, 0.2) is 24.3 Å². The van der Waals surface area contributed by atoms with Crippen LogP contribution in [-0.4, -0.2) is 38.6 Å². The van der Waals surface area contributed by atoms with Crippen LogP contribution < -0.4 is 9.47 Å². The molecule has 8 aliphatic carbocycles. The summed E-state index contributed by atoms with van der Waals surface area (Å²) >= 11 is 0. The van der Waals surface area contributed by atoms with Crippen molar-refractivity contribution in [3.05, 3.63) is 35.4 Å². The molecule has 2 aromatic rings. The SMILES string of the molecule is c1cc(OCC2CO2)c2c(C34CC5CC(CC(C5)C3)C4)ccc(C34CC5CC(CC(C5)C3)C4)c2c1OCC1CO1. The van der Waals surface area contributed by atoms with Gasteiger partial charge in [-0.25, -0.2) is 0 Å². The highest BCUT2D eigenvalue weighted by atomic mass is 16.6. The van der Waals surface area contributed by atoms with Crippen molar-refractivity contribution in [2.24, 2.45) is 35.5 Å². The lowest BCUT2D eigenvalue weighted by atomic mass is 9.46. The molecule has 2 aliphatic heterocycles. The quantitative estimate of drug-likeness (QED) is 0.329. The van der Waals surface area contributed by atoms with E-state index in [1.807, 2.05) is 0 Å². The average Bonchev–Trinajstić information content (AvgIpc) is 3.85. The van der Waals surface area contributed by atoms with E-state index < -0.39 is 0 Å². The van der Waals surface area contributed by atoms with E-state index in [1.165, 1.54) is 87.8 Å². The van der Waals surface area contributed by atoms with Crippen LogP contribution in [-0.2, 0) is 20.3 Å². The highest BCUT2D eigenvalue weighted by Crippen LogP contribution is 2.65. The molecule has 12 rings (SSSR count). The number of epoxide rings is 2. The van der Waals surface area contributed by atoms with Crippen molar-refractivity contribution >= 4 is 10.8 Å². The summed E-state index contributed by atoms with van der Waals surface area (Å²) in [7, 11) is 0. The Morgan fingerprint density at radius 3 is 1.15 bits per heavy atom. The highest BCUT2D eigenvalue weighted by molar-refractivity contribution is 6.00. The van der Waals surface area contributed by atoms with E-state index in [1.54, 1.807) is 11.1 Å². The first-order valence-corrected chi connectivity index (χ1v) is 16.7. The number of hydrogen-bond acceptors (Lipinski definition) is 4. The molecule has 4 heteroatoms. The van der Waals surface area contributed by atoms with E-state index in [2.05, 4.69) is 24.3 Å². The Kier molecular flexibility index (Phi) is 4.99. The Labute approximate surface area is 238 Å². The molecular weight excluding hydrogens is 496 g/mol. The van der Waals surface area contributed by atoms with E-state index >= 15 is 0 Å². The van der Waals surface area contributed by atoms with Crippen LogP contribution in [0, 0.1) is 35.5 Å². The third kappa shape index (κ3) is 3.70. The average molecular weight is 541 g/mol. The van der Waals surface area contributed by atoms with Gasteiger partial charge in [0.1, 0.15) is 36.9 Å². The first-order chi connectivity index (χ1) is 19.6. The molecule has 2 aromatic carbocycles. The minimum Gasteiger partial charge on any atom is -0.490 e. The van der Waals surface area contributed by atoms with Gasteiger partial charge in [-0.2, -0.15) is 0 Å². The lowest BCUT2D eigenvalue weighted by molar-refractivity contribution is -0.00597. The molecule has 212 valence electrons. The molecular formula is C36H44O4. The lowest BCUT2D eigenvalue weighted by Gasteiger charge is -2.58. The first-order valence-electron chi connectivity index (χ1n) is 16.7. The monoisotopic (exact) mass is 540 g/mol. The van der Waals surface area contributed by atoms with Crippen LogP contribution in [0.25, 0.3) is 10.8 Å². The Balaban J connectivity index is 1.19. The number of ether oxygens (including phenoxy) is 4. The summed E-state index contributed by atoms with van der Waals surface area (Å²) in [6.45, 7) is 2.99. The largest absolute Gasteiger partial charge is 0.490 e. The molecule has 2 unspecified atom stereocenters. The van der Waals surface area contributed by atoms with Crippen LogP contribution >= 0.6 is 0 Å².